The second-order valence-electron chi connectivity index (χ2n) is 12.8. The Morgan fingerprint density at radius 3 is 2.23 bits per heavy atom. The van der Waals surface area contributed by atoms with Crippen LogP contribution in [0.4, 0.5) is 10.5 Å². The molecule has 1 aliphatic heterocycles. The molecule has 1 heterocycles. The standard InChI is InChI=1S/C31H47N3O6/c1-12-39-28(37)20(4)17-23(19(2)3)33(11)27(36)25(30(5,6)7)32-26(35)24-18-21-15-13-14-16-22(21)34(24)29(38)40-31(8,9)10/h13-17,19,23-25H,12,18H2,1-11H3,(H,32,35)/b20-17-. The first kappa shape index (κ1) is 32.8. The van der Waals surface area contributed by atoms with E-state index < -0.39 is 47.1 Å². The Hall–Kier alpha value is -3.36. The lowest BCUT2D eigenvalue weighted by Crippen LogP contribution is -2.60. The Labute approximate surface area is 239 Å². The van der Waals surface area contributed by atoms with Crippen molar-refractivity contribution in [3.8, 4) is 0 Å². The van der Waals surface area contributed by atoms with Crippen LogP contribution in [0.25, 0.3) is 0 Å². The minimum atomic E-state index is -0.897. The van der Waals surface area contributed by atoms with Gasteiger partial charge in [0.05, 0.1) is 18.3 Å². The molecule has 0 saturated heterocycles. The molecule has 1 aromatic rings. The zero-order valence-electron chi connectivity index (χ0n) is 26.0. The lowest BCUT2D eigenvalue weighted by atomic mass is 9.84. The number of ether oxygens (including phenoxy) is 2. The van der Waals surface area contributed by atoms with Crippen molar-refractivity contribution in [3.63, 3.8) is 0 Å². The third-order valence-electron chi connectivity index (χ3n) is 6.76. The van der Waals surface area contributed by atoms with Gasteiger partial charge >= 0.3 is 12.1 Å². The number of para-hydroxylation sites is 1. The summed E-state index contributed by atoms with van der Waals surface area (Å²) in [6, 6.07) is 5.16. The molecule has 9 nitrogen and oxygen atoms in total. The summed E-state index contributed by atoms with van der Waals surface area (Å²) < 4.78 is 10.7. The van der Waals surface area contributed by atoms with Crippen LogP contribution < -0.4 is 10.2 Å². The van der Waals surface area contributed by atoms with Crippen LogP contribution in [-0.2, 0) is 30.3 Å². The van der Waals surface area contributed by atoms with E-state index in [2.05, 4.69) is 5.32 Å². The van der Waals surface area contributed by atoms with Crippen molar-refractivity contribution < 1.29 is 28.7 Å². The summed E-state index contributed by atoms with van der Waals surface area (Å²) in [6.45, 7) is 18.5. The number of hydrogen-bond donors (Lipinski definition) is 1. The molecule has 222 valence electrons. The lowest BCUT2D eigenvalue weighted by molar-refractivity contribution is -0.140. The van der Waals surface area contributed by atoms with E-state index in [9.17, 15) is 19.2 Å². The number of rotatable bonds is 8. The molecule has 1 aromatic carbocycles. The number of hydrogen-bond acceptors (Lipinski definition) is 6. The fourth-order valence-electron chi connectivity index (χ4n) is 4.69. The Morgan fingerprint density at radius 2 is 1.70 bits per heavy atom. The van der Waals surface area contributed by atoms with Gasteiger partial charge in [-0.15, -0.1) is 0 Å². The van der Waals surface area contributed by atoms with Crippen LogP contribution in [0.5, 0.6) is 0 Å². The minimum absolute atomic E-state index is 0.0124. The molecule has 0 aromatic heterocycles. The van der Waals surface area contributed by atoms with Crippen LogP contribution in [-0.4, -0.2) is 66.2 Å². The highest BCUT2D eigenvalue weighted by molar-refractivity contribution is 6.02. The molecule has 0 saturated carbocycles. The largest absolute Gasteiger partial charge is 0.463 e. The number of carbonyl (C=O) groups excluding carboxylic acids is 4. The van der Waals surface area contributed by atoms with Gasteiger partial charge in [-0.2, -0.15) is 0 Å². The topological polar surface area (TPSA) is 105 Å². The first-order valence-electron chi connectivity index (χ1n) is 13.9. The van der Waals surface area contributed by atoms with E-state index in [4.69, 9.17) is 9.47 Å². The van der Waals surface area contributed by atoms with E-state index in [1.807, 2.05) is 52.8 Å². The van der Waals surface area contributed by atoms with Gasteiger partial charge in [0.2, 0.25) is 11.8 Å². The van der Waals surface area contributed by atoms with Gasteiger partial charge in [-0.3, -0.25) is 14.5 Å². The van der Waals surface area contributed by atoms with Crippen LogP contribution in [0.2, 0.25) is 0 Å². The van der Waals surface area contributed by atoms with Gasteiger partial charge in [0.1, 0.15) is 17.7 Å². The SMILES string of the molecule is CCOC(=O)/C(C)=C\C(C(C)C)N(C)C(=O)C(NC(=O)C1Cc2ccccc2N1C(=O)OC(C)(C)C)C(C)(C)C. The third kappa shape index (κ3) is 8.08. The number of carbonyl (C=O) groups is 4. The number of nitrogens with one attached hydrogen (secondary N) is 1. The predicted octanol–water partition coefficient (Wildman–Crippen LogP) is 4.88. The first-order chi connectivity index (χ1) is 18.4. The van der Waals surface area contributed by atoms with E-state index in [1.165, 1.54) is 4.90 Å². The number of amides is 3. The molecule has 2 rings (SSSR count). The summed E-state index contributed by atoms with van der Waals surface area (Å²) in [5, 5.41) is 2.96. The Kier molecular flexibility index (Phi) is 10.6. The maximum Gasteiger partial charge on any atom is 0.415 e. The molecule has 0 aliphatic carbocycles. The second-order valence-corrected chi connectivity index (χ2v) is 12.8. The van der Waals surface area contributed by atoms with Crippen LogP contribution in [0, 0.1) is 11.3 Å². The van der Waals surface area contributed by atoms with Crippen molar-refractivity contribution in [2.75, 3.05) is 18.6 Å². The van der Waals surface area contributed by atoms with Crippen molar-refractivity contribution in [2.24, 2.45) is 11.3 Å². The quantitative estimate of drug-likeness (QED) is 0.361. The van der Waals surface area contributed by atoms with Crippen LogP contribution >= 0.6 is 0 Å². The molecule has 3 amide bonds. The predicted molar refractivity (Wildman–Crippen MR) is 156 cm³/mol. The second kappa shape index (κ2) is 12.9. The maximum absolute atomic E-state index is 13.9. The highest BCUT2D eigenvalue weighted by Gasteiger charge is 2.44. The van der Waals surface area contributed by atoms with Gasteiger partial charge < -0.3 is 19.7 Å². The summed E-state index contributed by atoms with van der Waals surface area (Å²) in [5.74, 6) is -1.19. The molecule has 9 heteroatoms. The maximum atomic E-state index is 13.9. The van der Waals surface area contributed by atoms with Crippen molar-refractivity contribution in [2.45, 2.75) is 99.4 Å². The molecule has 1 N–H and O–H groups in total. The van der Waals surface area contributed by atoms with E-state index in [0.29, 0.717) is 17.7 Å². The number of fused-ring (bicyclic) bond motifs is 1. The molecule has 0 fully saturated rings. The van der Waals surface area contributed by atoms with Crippen molar-refractivity contribution in [1.29, 1.82) is 0 Å². The van der Waals surface area contributed by atoms with E-state index in [0.717, 1.165) is 5.56 Å². The van der Waals surface area contributed by atoms with E-state index in [1.54, 1.807) is 58.7 Å². The number of likely N-dealkylation sites (N-methyl/N-ethyl adjacent to an activating group) is 1. The van der Waals surface area contributed by atoms with Crippen molar-refractivity contribution >= 4 is 29.6 Å². The number of nitrogens with zero attached hydrogens (tertiary/aromatic N) is 2. The van der Waals surface area contributed by atoms with Crippen LogP contribution in [0.1, 0.15) is 74.8 Å². The van der Waals surface area contributed by atoms with Gasteiger partial charge in [-0.25, -0.2) is 9.59 Å². The molecule has 40 heavy (non-hydrogen) atoms. The summed E-state index contributed by atoms with van der Waals surface area (Å²) in [6.07, 6.45) is 1.42. The van der Waals surface area contributed by atoms with E-state index in [-0.39, 0.29) is 18.4 Å². The third-order valence-corrected chi connectivity index (χ3v) is 6.76. The molecular weight excluding hydrogens is 510 g/mol. The van der Waals surface area contributed by atoms with Gasteiger partial charge in [0.15, 0.2) is 0 Å². The fraction of sp³-hybridized carbons (Fsp3) is 0.613. The van der Waals surface area contributed by atoms with Gasteiger partial charge in [0.25, 0.3) is 0 Å². The highest BCUT2D eigenvalue weighted by atomic mass is 16.6. The van der Waals surface area contributed by atoms with Crippen molar-refractivity contribution in [1.82, 2.24) is 10.2 Å². The van der Waals surface area contributed by atoms with Gasteiger partial charge in [-0.05, 0) is 57.6 Å². The number of benzene rings is 1. The smallest absolute Gasteiger partial charge is 0.415 e. The first-order valence-corrected chi connectivity index (χ1v) is 13.9. The summed E-state index contributed by atoms with van der Waals surface area (Å²) in [5.41, 5.74) is 0.484. The Morgan fingerprint density at radius 1 is 1.10 bits per heavy atom. The summed E-state index contributed by atoms with van der Waals surface area (Å²) in [7, 11) is 1.67. The zero-order valence-corrected chi connectivity index (χ0v) is 26.0. The molecule has 3 unspecified atom stereocenters. The van der Waals surface area contributed by atoms with Crippen molar-refractivity contribution in [3.05, 3.63) is 41.5 Å². The fourth-order valence-corrected chi connectivity index (χ4v) is 4.69. The Bertz CT molecular complexity index is 1130. The average Bonchev–Trinajstić information content (AvgIpc) is 3.23. The molecule has 0 bridgehead atoms. The molecule has 0 radical (unpaired) electrons. The zero-order chi connectivity index (χ0) is 30.6. The van der Waals surface area contributed by atoms with Crippen LogP contribution in [0.15, 0.2) is 35.9 Å². The number of anilines is 1. The monoisotopic (exact) mass is 557 g/mol. The molecule has 3 atom stereocenters. The summed E-state index contributed by atoms with van der Waals surface area (Å²) in [4.78, 5) is 56.2. The molecular formula is C31H47N3O6. The minimum Gasteiger partial charge on any atom is -0.463 e. The van der Waals surface area contributed by atoms with E-state index >= 15 is 0 Å². The lowest BCUT2D eigenvalue weighted by Gasteiger charge is -2.38. The number of esters is 1. The molecule has 0 spiro atoms. The Balaban J connectivity index is 2.38. The molecule has 1 aliphatic rings. The van der Waals surface area contributed by atoms with Gasteiger partial charge in [-0.1, -0.05) is 58.9 Å². The van der Waals surface area contributed by atoms with Gasteiger partial charge in [0, 0.05) is 19.0 Å². The average molecular weight is 558 g/mol. The van der Waals surface area contributed by atoms with Crippen LogP contribution in [0.3, 0.4) is 0 Å². The highest BCUT2D eigenvalue weighted by Crippen LogP contribution is 2.34. The summed E-state index contributed by atoms with van der Waals surface area (Å²) >= 11 is 0. The normalized spacial score (nSPS) is 17.1.